The zero-order valence-corrected chi connectivity index (χ0v) is 20.2. The average molecular weight is 525 g/mol. The molecule has 3 N–H and O–H groups in total. The molecule has 0 radical (unpaired) electrons. The molecule has 13 heteroatoms. The van der Waals surface area contributed by atoms with Gasteiger partial charge in [0.15, 0.2) is 0 Å². The first-order valence-corrected chi connectivity index (χ1v) is 11.1. The molecular formula is C23H18Cl2N8O3. The van der Waals surface area contributed by atoms with Crippen LogP contribution in [0.1, 0.15) is 5.56 Å². The number of nitro benzene ring substituents is 1. The van der Waals surface area contributed by atoms with E-state index in [1.165, 1.54) is 18.3 Å². The van der Waals surface area contributed by atoms with Crippen molar-refractivity contribution in [2.75, 3.05) is 23.2 Å². The molecular weight excluding hydrogens is 507 g/mol. The van der Waals surface area contributed by atoms with E-state index in [4.69, 9.17) is 27.9 Å². The molecule has 0 aliphatic heterocycles. The van der Waals surface area contributed by atoms with Gasteiger partial charge in [0.05, 0.1) is 23.3 Å². The summed E-state index contributed by atoms with van der Waals surface area (Å²) in [6, 6.07) is 18.1. The molecule has 0 unspecified atom stereocenters. The number of nitrogens with one attached hydrogen (secondary N) is 3. The molecule has 0 bridgehead atoms. The molecule has 4 aromatic rings. The number of hydrogen-bond donors (Lipinski definition) is 3. The molecule has 11 nitrogen and oxygen atoms in total. The van der Waals surface area contributed by atoms with Crippen molar-refractivity contribution in [2.24, 2.45) is 5.10 Å². The van der Waals surface area contributed by atoms with Gasteiger partial charge in [0, 0.05) is 34.1 Å². The van der Waals surface area contributed by atoms with Crippen molar-refractivity contribution in [2.45, 2.75) is 0 Å². The summed E-state index contributed by atoms with van der Waals surface area (Å²) < 4.78 is 5.18. The summed E-state index contributed by atoms with van der Waals surface area (Å²) in [5, 5.41) is 22.1. The highest BCUT2D eigenvalue weighted by atomic mass is 35.5. The second kappa shape index (κ2) is 11.3. The second-order valence-electron chi connectivity index (χ2n) is 7.12. The topological polar surface area (TPSA) is 139 Å². The van der Waals surface area contributed by atoms with Gasteiger partial charge in [-0.2, -0.15) is 20.1 Å². The zero-order chi connectivity index (χ0) is 25.5. The van der Waals surface area contributed by atoms with Crippen LogP contribution in [0, 0.1) is 10.1 Å². The summed E-state index contributed by atoms with van der Waals surface area (Å²) >= 11 is 12.1. The quantitative estimate of drug-likeness (QED) is 0.136. The maximum absolute atomic E-state index is 10.9. The normalized spacial score (nSPS) is 10.8. The Hall–Kier alpha value is -4.48. The lowest BCUT2D eigenvalue weighted by Crippen LogP contribution is -2.07. The van der Waals surface area contributed by atoms with Crippen molar-refractivity contribution < 1.29 is 9.66 Å². The number of ether oxygens (including phenoxy) is 1. The number of aromatic nitrogens is 3. The Balaban J connectivity index is 1.58. The molecule has 4 rings (SSSR count). The van der Waals surface area contributed by atoms with E-state index in [1.54, 1.807) is 61.7 Å². The third-order valence-electron chi connectivity index (χ3n) is 4.65. The number of anilines is 5. The standard InChI is InChI=1S/C23H18Cl2N8O3/c1-36-19-10-6-17(7-11-19)28-22-29-21(27-16-4-8-18(9-5-16)33(34)35)30-23(31-22)32-26-13-14-2-3-15(24)12-20(14)25/h2-13H,1H3,(H3,27,28,29,30,31,32)/b26-13-. The van der Waals surface area contributed by atoms with Crippen molar-refractivity contribution in [3.05, 3.63) is 92.5 Å². The Morgan fingerprint density at radius 2 is 1.47 bits per heavy atom. The van der Waals surface area contributed by atoms with Crippen molar-refractivity contribution in [1.82, 2.24) is 15.0 Å². The molecule has 3 aromatic carbocycles. The van der Waals surface area contributed by atoms with Crippen molar-refractivity contribution in [3.8, 4) is 5.75 Å². The molecule has 1 heterocycles. The minimum Gasteiger partial charge on any atom is -0.497 e. The summed E-state index contributed by atoms with van der Waals surface area (Å²) in [5.41, 5.74) is 4.63. The number of halogens is 2. The van der Waals surface area contributed by atoms with Crippen LogP contribution in [0.5, 0.6) is 5.75 Å². The minimum atomic E-state index is -0.476. The molecule has 182 valence electrons. The Morgan fingerprint density at radius 1 is 0.889 bits per heavy atom. The molecule has 0 saturated heterocycles. The third kappa shape index (κ3) is 6.56. The lowest BCUT2D eigenvalue weighted by Gasteiger charge is -2.10. The van der Waals surface area contributed by atoms with Gasteiger partial charge in [0.2, 0.25) is 17.8 Å². The van der Waals surface area contributed by atoms with Crippen molar-refractivity contribution in [1.29, 1.82) is 0 Å². The average Bonchev–Trinajstić information content (AvgIpc) is 2.86. The van der Waals surface area contributed by atoms with E-state index >= 15 is 0 Å². The van der Waals surface area contributed by atoms with Crippen LogP contribution in [0.3, 0.4) is 0 Å². The summed E-state index contributed by atoms with van der Waals surface area (Å²) in [6.07, 6.45) is 1.50. The fraction of sp³-hybridized carbons (Fsp3) is 0.0435. The Kier molecular flexibility index (Phi) is 7.73. The van der Waals surface area contributed by atoms with Crippen LogP contribution < -0.4 is 20.8 Å². The molecule has 1 aromatic heterocycles. The number of hydrazone groups is 1. The fourth-order valence-corrected chi connectivity index (χ4v) is 3.36. The molecule has 0 fully saturated rings. The molecule has 0 aliphatic carbocycles. The van der Waals surface area contributed by atoms with Gasteiger partial charge in [0.25, 0.3) is 5.69 Å². The number of nitro groups is 1. The number of nitrogens with zero attached hydrogens (tertiary/aromatic N) is 5. The molecule has 0 amide bonds. The maximum atomic E-state index is 10.9. The maximum Gasteiger partial charge on any atom is 0.269 e. The van der Waals surface area contributed by atoms with Gasteiger partial charge < -0.3 is 15.4 Å². The Labute approximate surface area is 215 Å². The van der Waals surface area contributed by atoms with Gasteiger partial charge >= 0.3 is 0 Å². The van der Waals surface area contributed by atoms with E-state index in [-0.39, 0.29) is 23.5 Å². The van der Waals surface area contributed by atoms with Crippen molar-refractivity contribution in [3.63, 3.8) is 0 Å². The van der Waals surface area contributed by atoms with E-state index in [2.05, 4.69) is 36.1 Å². The SMILES string of the molecule is COc1ccc(Nc2nc(N/N=C\c3ccc(Cl)cc3Cl)nc(Nc3ccc([N+](=O)[O-])cc3)n2)cc1. The van der Waals surface area contributed by atoms with E-state index in [1.807, 2.05) is 0 Å². The van der Waals surface area contributed by atoms with Gasteiger partial charge in [-0.1, -0.05) is 29.3 Å². The lowest BCUT2D eigenvalue weighted by atomic mass is 10.2. The molecule has 0 aliphatic rings. The molecule has 36 heavy (non-hydrogen) atoms. The number of non-ortho nitro benzene ring substituents is 1. The highest BCUT2D eigenvalue weighted by Crippen LogP contribution is 2.23. The molecule has 0 atom stereocenters. The number of hydrogen-bond acceptors (Lipinski definition) is 10. The van der Waals surface area contributed by atoms with Gasteiger partial charge in [-0.3, -0.25) is 10.1 Å². The van der Waals surface area contributed by atoms with Gasteiger partial charge in [-0.15, -0.1) is 0 Å². The first-order valence-electron chi connectivity index (χ1n) is 10.3. The van der Waals surface area contributed by atoms with Gasteiger partial charge in [0.1, 0.15) is 5.75 Å². The Morgan fingerprint density at radius 3 is 2.03 bits per heavy atom. The number of rotatable bonds is 9. The van der Waals surface area contributed by atoms with Crippen LogP contribution >= 0.6 is 23.2 Å². The predicted molar refractivity (Wildman–Crippen MR) is 140 cm³/mol. The zero-order valence-electron chi connectivity index (χ0n) is 18.6. The highest BCUT2D eigenvalue weighted by Gasteiger charge is 2.10. The fourth-order valence-electron chi connectivity index (χ4n) is 2.90. The van der Waals surface area contributed by atoms with Crippen LogP contribution in [0.25, 0.3) is 0 Å². The Bertz CT molecular complexity index is 1400. The number of benzene rings is 3. The monoisotopic (exact) mass is 524 g/mol. The minimum absolute atomic E-state index is 0.0318. The molecule has 0 spiro atoms. The predicted octanol–water partition coefficient (Wildman–Crippen LogP) is 6.03. The summed E-state index contributed by atoms with van der Waals surface area (Å²) in [5.74, 6) is 1.24. The van der Waals surface area contributed by atoms with Crippen molar-refractivity contribution >= 4 is 64.3 Å². The van der Waals surface area contributed by atoms with E-state index in [0.29, 0.717) is 32.7 Å². The molecule has 0 saturated carbocycles. The van der Waals surface area contributed by atoms with Crippen LogP contribution in [-0.2, 0) is 0 Å². The smallest absolute Gasteiger partial charge is 0.269 e. The first kappa shape index (κ1) is 24.6. The first-order chi connectivity index (χ1) is 17.4. The second-order valence-corrected chi connectivity index (χ2v) is 7.97. The van der Waals surface area contributed by atoms with Gasteiger partial charge in [-0.05, 0) is 48.5 Å². The largest absolute Gasteiger partial charge is 0.497 e. The highest BCUT2D eigenvalue weighted by molar-refractivity contribution is 6.36. The summed E-state index contributed by atoms with van der Waals surface area (Å²) in [7, 11) is 1.58. The number of methoxy groups -OCH3 is 1. The third-order valence-corrected chi connectivity index (χ3v) is 5.21. The van der Waals surface area contributed by atoms with Gasteiger partial charge in [-0.25, -0.2) is 5.43 Å². The summed E-state index contributed by atoms with van der Waals surface area (Å²) in [6.45, 7) is 0. The van der Waals surface area contributed by atoms with Crippen LogP contribution in [0.2, 0.25) is 10.0 Å². The van der Waals surface area contributed by atoms with Crippen LogP contribution in [0.15, 0.2) is 71.8 Å². The van der Waals surface area contributed by atoms with Crippen LogP contribution in [-0.4, -0.2) is 33.2 Å². The lowest BCUT2D eigenvalue weighted by molar-refractivity contribution is -0.384. The van der Waals surface area contributed by atoms with E-state index < -0.39 is 4.92 Å². The van der Waals surface area contributed by atoms with Crippen LogP contribution in [0.4, 0.5) is 34.9 Å². The van der Waals surface area contributed by atoms with E-state index in [9.17, 15) is 10.1 Å². The summed E-state index contributed by atoms with van der Waals surface area (Å²) in [4.78, 5) is 23.5. The van der Waals surface area contributed by atoms with E-state index in [0.717, 1.165) is 0 Å².